The standard InChI is InChI=1S/C23H25FN4O/c1-18-16-26(17-20-3-7-21(24)8-4-20)13-14-27(18)23(29)15-19-5-9-22(10-6-19)28-12-2-11-25-28/h2-12,18H,13-17H2,1H3. The lowest BCUT2D eigenvalue weighted by molar-refractivity contribution is -0.135. The Morgan fingerprint density at radius 1 is 1.07 bits per heavy atom. The zero-order valence-electron chi connectivity index (χ0n) is 16.5. The van der Waals surface area contributed by atoms with Crippen LogP contribution < -0.4 is 0 Å². The van der Waals surface area contributed by atoms with Crippen LogP contribution in [0.2, 0.25) is 0 Å². The molecular formula is C23H25FN4O. The van der Waals surface area contributed by atoms with Crippen LogP contribution in [0.25, 0.3) is 5.69 Å². The molecule has 5 nitrogen and oxygen atoms in total. The molecule has 29 heavy (non-hydrogen) atoms. The molecule has 1 unspecified atom stereocenters. The minimum atomic E-state index is -0.213. The van der Waals surface area contributed by atoms with Crippen LogP contribution in [-0.2, 0) is 17.8 Å². The second kappa shape index (κ2) is 8.57. The average Bonchev–Trinajstić information content (AvgIpc) is 3.25. The Kier molecular flexibility index (Phi) is 5.71. The Morgan fingerprint density at radius 3 is 2.45 bits per heavy atom. The van der Waals surface area contributed by atoms with Gasteiger partial charge in [-0.3, -0.25) is 9.69 Å². The van der Waals surface area contributed by atoms with Gasteiger partial charge in [0.1, 0.15) is 5.82 Å². The van der Waals surface area contributed by atoms with Crippen LogP contribution in [-0.4, -0.2) is 51.2 Å². The maximum absolute atomic E-state index is 13.1. The van der Waals surface area contributed by atoms with Crippen LogP contribution in [0.4, 0.5) is 4.39 Å². The van der Waals surface area contributed by atoms with Gasteiger partial charge in [-0.25, -0.2) is 9.07 Å². The highest BCUT2D eigenvalue weighted by atomic mass is 19.1. The summed E-state index contributed by atoms with van der Waals surface area (Å²) in [6.45, 7) is 5.23. The number of amides is 1. The number of aromatic nitrogens is 2. The lowest BCUT2D eigenvalue weighted by atomic mass is 10.1. The molecule has 1 atom stereocenters. The zero-order chi connectivity index (χ0) is 20.2. The maximum atomic E-state index is 13.1. The summed E-state index contributed by atoms with van der Waals surface area (Å²) in [7, 11) is 0. The van der Waals surface area contributed by atoms with Crippen molar-refractivity contribution in [2.45, 2.75) is 25.9 Å². The SMILES string of the molecule is CC1CN(Cc2ccc(F)cc2)CCN1C(=O)Cc1ccc(-n2cccn2)cc1. The molecule has 1 saturated heterocycles. The predicted molar refractivity (Wildman–Crippen MR) is 110 cm³/mol. The van der Waals surface area contributed by atoms with E-state index in [1.165, 1.54) is 12.1 Å². The van der Waals surface area contributed by atoms with Crippen molar-refractivity contribution in [1.29, 1.82) is 0 Å². The smallest absolute Gasteiger partial charge is 0.227 e. The van der Waals surface area contributed by atoms with Crippen molar-refractivity contribution in [3.8, 4) is 5.69 Å². The molecule has 3 aromatic rings. The van der Waals surface area contributed by atoms with E-state index < -0.39 is 0 Å². The summed E-state index contributed by atoms with van der Waals surface area (Å²) in [5.41, 5.74) is 3.08. The lowest BCUT2D eigenvalue weighted by Crippen LogP contribution is -2.54. The summed E-state index contributed by atoms with van der Waals surface area (Å²) >= 11 is 0. The summed E-state index contributed by atoms with van der Waals surface area (Å²) in [4.78, 5) is 17.1. The molecule has 1 amide bonds. The molecular weight excluding hydrogens is 367 g/mol. The van der Waals surface area contributed by atoms with E-state index in [0.717, 1.165) is 36.4 Å². The number of carbonyl (C=O) groups is 1. The normalized spacial score (nSPS) is 17.4. The Balaban J connectivity index is 1.32. The second-order valence-electron chi connectivity index (χ2n) is 7.59. The van der Waals surface area contributed by atoms with Crippen molar-refractivity contribution in [3.63, 3.8) is 0 Å². The van der Waals surface area contributed by atoms with E-state index in [2.05, 4.69) is 16.9 Å². The molecule has 1 aromatic heterocycles. The van der Waals surface area contributed by atoms with E-state index in [-0.39, 0.29) is 17.8 Å². The van der Waals surface area contributed by atoms with E-state index in [0.29, 0.717) is 13.0 Å². The first kappa shape index (κ1) is 19.3. The van der Waals surface area contributed by atoms with Gasteiger partial charge in [-0.2, -0.15) is 5.10 Å². The Morgan fingerprint density at radius 2 is 1.79 bits per heavy atom. The molecule has 0 aliphatic carbocycles. The Hall–Kier alpha value is -2.99. The predicted octanol–water partition coefficient (Wildman–Crippen LogP) is 3.29. The number of hydrogen-bond acceptors (Lipinski definition) is 3. The van der Waals surface area contributed by atoms with Crippen LogP contribution in [0.15, 0.2) is 67.0 Å². The molecule has 150 valence electrons. The van der Waals surface area contributed by atoms with E-state index >= 15 is 0 Å². The highest BCUT2D eigenvalue weighted by Gasteiger charge is 2.27. The summed E-state index contributed by atoms with van der Waals surface area (Å²) < 4.78 is 14.9. The minimum absolute atomic E-state index is 0.153. The average molecular weight is 392 g/mol. The third-order valence-electron chi connectivity index (χ3n) is 5.41. The first-order valence-electron chi connectivity index (χ1n) is 9.94. The van der Waals surface area contributed by atoms with E-state index in [4.69, 9.17) is 0 Å². The minimum Gasteiger partial charge on any atom is -0.337 e. The Bertz CT molecular complexity index is 938. The van der Waals surface area contributed by atoms with E-state index in [1.54, 1.807) is 10.9 Å². The largest absolute Gasteiger partial charge is 0.337 e. The van der Waals surface area contributed by atoms with Gasteiger partial charge in [0, 0.05) is 44.6 Å². The van der Waals surface area contributed by atoms with Gasteiger partial charge in [0.25, 0.3) is 0 Å². The van der Waals surface area contributed by atoms with Crippen molar-refractivity contribution in [3.05, 3.63) is 83.9 Å². The second-order valence-corrected chi connectivity index (χ2v) is 7.59. The first-order chi connectivity index (χ1) is 14.1. The zero-order valence-corrected chi connectivity index (χ0v) is 16.5. The number of piperazine rings is 1. The van der Waals surface area contributed by atoms with Crippen molar-refractivity contribution < 1.29 is 9.18 Å². The number of rotatable bonds is 5. The van der Waals surface area contributed by atoms with Gasteiger partial charge in [0.15, 0.2) is 0 Å². The molecule has 0 saturated carbocycles. The van der Waals surface area contributed by atoms with Gasteiger partial charge in [0.2, 0.25) is 5.91 Å². The quantitative estimate of drug-likeness (QED) is 0.669. The molecule has 0 radical (unpaired) electrons. The van der Waals surface area contributed by atoms with Gasteiger partial charge in [-0.15, -0.1) is 0 Å². The van der Waals surface area contributed by atoms with Gasteiger partial charge in [-0.05, 0) is 48.4 Å². The molecule has 0 N–H and O–H groups in total. The summed E-state index contributed by atoms with van der Waals surface area (Å²) in [6.07, 6.45) is 4.05. The molecule has 1 aliphatic rings. The number of benzene rings is 2. The number of nitrogens with zero attached hydrogens (tertiary/aromatic N) is 4. The third-order valence-corrected chi connectivity index (χ3v) is 5.41. The molecule has 1 fully saturated rings. The van der Waals surface area contributed by atoms with Crippen LogP contribution in [0.1, 0.15) is 18.1 Å². The molecule has 0 bridgehead atoms. The molecule has 2 heterocycles. The molecule has 2 aromatic carbocycles. The Labute approximate surface area is 170 Å². The number of carbonyl (C=O) groups excluding carboxylic acids is 1. The fraction of sp³-hybridized carbons (Fsp3) is 0.304. The van der Waals surface area contributed by atoms with Crippen LogP contribution >= 0.6 is 0 Å². The maximum Gasteiger partial charge on any atom is 0.227 e. The number of halogens is 1. The van der Waals surface area contributed by atoms with E-state index in [1.807, 2.05) is 53.6 Å². The molecule has 0 spiro atoms. The topological polar surface area (TPSA) is 41.4 Å². The molecule has 4 rings (SSSR count). The van der Waals surface area contributed by atoms with Crippen LogP contribution in [0, 0.1) is 5.82 Å². The summed E-state index contributed by atoms with van der Waals surface area (Å²) in [6, 6.07) is 16.6. The number of hydrogen-bond donors (Lipinski definition) is 0. The van der Waals surface area contributed by atoms with Crippen molar-refractivity contribution in [2.24, 2.45) is 0 Å². The lowest BCUT2D eigenvalue weighted by Gasteiger charge is -2.40. The van der Waals surface area contributed by atoms with E-state index in [9.17, 15) is 9.18 Å². The van der Waals surface area contributed by atoms with Gasteiger partial charge >= 0.3 is 0 Å². The van der Waals surface area contributed by atoms with Gasteiger partial charge < -0.3 is 4.90 Å². The first-order valence-corrected chi connectivity index (χ1v) is 9.94. The highest BCUT2D eigenvalue weighted by Crippen LogP contribution is 2.16. The fourth-order valence-electron chi connectivity index (χ4n) is 3.86. The van der Waals surface area contributed by atoms with Crippen molar-refractivity contribution >= 4 is 5.91 Å². The molecule has 1 aliphatic heterocycles. The summed E-state index contributed by atoms with van der Waals surface area (Å²) in [5, 5.41) is 4.22. The van der Waals surface area contributed by atoms with Gasteiger partial charge in [0.05, 0.1) is 12.1 Å². The van der Waals surface area contributed by atoms with Crippen molar-refractivity contribution in [1.82, 2.24) is 19.6 Å². The van der Waals surface area contributed by atoms with Gasteiger partial charge in [-0.1, -0.05) is 24.3 Å². The fourth-order valence-corrected chi connectivity index (χ4v) is 3.86. The van der Waals surface area contributed by atoms with Crippen molar-refractivity contribution in [2.75, 3.05) is 19.6 Å². The molecule has 6 heteroatoms. The monoisotopic (exact) mass is 392 g/mol. The van der Waals surface area contributed by atoms with Crippen LogP contribution in [0.5, 0.6) is 0 Å². The highest BCUT2D eigenvalue weighted by molar-refractivity contribution is 5.79. The van der Waals surface area contributed by atoms with Crippen LogP contribution in [0.3, 0.4) is 0 Å². The summed E-state index contributed by atoms with van der Waals surface area (Å²) in [5.74, 6) is -0.0547. The third kappa shape index (κ3) is 4.71.